The molecule has 164 valence electrons. The maximum absolute atomic E-state index is 12.2. The monoisotopic (exact) mass is 417 g/mol. The van der Waals surface area contributed by atoms with Gasteiger partial charge in [0.1, 0.15) is 12.1 Å². The zero-order valence-corrected chi connectivity index (χ0v) is 16.1. The average Bonchev–Trinajstić information content (AvgIpc) is 2.56. The van der Waals surface area contributed by atoms with Crippen LogP contribution in [0.1, 0.15) is 33.1 Å². The lowest BCUT2D eigenvalue weighted by Crippen LogP contribution is -2.54. The Morgan fingerprint density at radius 3 is 1.93 bits per heavy atom. The standard InChI is InChI=1S/C16H27N5O8/c1-7(2)3-10(16(28)29)20-12(23)6-19-15(27)9(5-11(18)22)21-14(26)8(17)4-13(24)25/h7-10H,3-6,17H2,1-2H3,(H2,18,22)(H,19,27)(H,20,23)(H,21,26)(H,24,25)(H,28,29). The fourth-order valence-electron chi connectivity index (χ4n) is 2.20. The van der Waals surface area contributed by atoms with Crippen LogP contribution in [0.4, 0.5) is 0 Å². The largest absolute Gasteiger partial charge is 0.481 e. The molecule has 0 saturated carbocycles. The Balaban J connectivity index is 4.87. The Hall–Kier alpha value is -3.22. The molecule has 0 aliphatic heterocycles. The van der Waals surface area contributed by atoms with E-state index >= 15 is 0 Å². The highest BCUT2D eigenvalue weighted by molar-refractivity contribution is 5.95. The number of nitrogens with one attached hydrogen (secondary N) is 3. The molecule has 13 nitrogen and oxygen atoms in total. The van der Waals surface area contributed by atoms with Crippen LogP contribution in [-0.2, 0) is 28.8 Å². The summed E-state index contributed by atoms with van der Waals surface area (Å²) in [6.07, 6.45) is -1.15. The first-order valence-corrected chi connectivity index (χ1v) is 8.69. The number of amides is 4. The molecule has 29 heavy (non-hydrogen) atoms. The third-order valence-corrected chi connectivity index (χ3v) is 3.53. The summed E-state index contributed by atoms with van der Waals surface area (Å²) >= 11 is 0. The first-order valence-electron chi connectivity index (χ1n) is 8.69. The number of carboxylic acid groups (broad SMARTS) is 2. The normalized spacial score (nSPS) is 13.7. The number of nitrogens with two attached hydrogens (primary N) is 2. The van der Waals surface area contributed by atoms with E-state index < -0.39 is 73.1 Å². The molecule has 3 unspecified atom stereocenters. The molecule has 9 N–H and O–H groups in total. The highest BCUT2D eigenvalue weighted by atomic mass is 16.4. The predicted molar refractivity (Wildman–Crippen MR) is 98.0 cm³/mol. The van der Waals surface area contributed by atoms with Crippen molar-refractivity contribution in [2.45, 2.75) is 51.2 Å². The van der Waals surface area contributed by atoms with Gasteiger partial charge in [-0.3, -0.25) is 24.0 Å². The highest BCUT2D eigenvalue weighted by Gasteiger charge is 2.27. The molecular formula is C16H27N5O8. The third kappa shape index (κ3) is 11.3. The van der Waals surface area contributed by atoms with Crippen molar-refractivity contribution in [3.8, 4) is 0 Å². The number of primary amides is 1. The molecule has 4 amide bonds. The molecule has 0 bridgehead atoms. The molecule has 13 heteroatoms. The summed E-state index contributed by atoms with van der Waals surface area (Å²) in [4.78, 5) is 68.8. The second kappa shape index (κ2) is 12.3. The molecule has 0 radical (unpaired) electrons. The van der Waals surface area contributed by atoms with Crippen LogP contribution in [-0.4, -0.2) is 70.5 Å². The van der Waals surface area contributed by atoms with Crippen LogP contribution < -0.4 is 27.4 Å². The number of carbonyl (C=O) groups excluding carboxylic acids is 4. The van der Waals surface area contributed by atoms with Gasteiger partial charge in [-0.2, -0.15) is 0 Å². The predicted octanol–water partition coefficient (Wildman–Crippen LogP) is -3.12. The van der Waals surface area contributed by atoms with Crippen molar-refractivity contribution in [2.75, 3.05) is 6.54 Å². The van der Waals surface area contributed by atoms with Gasteiger partial charge < -0.3 is 37.6 Å². The van der Waals surface area contributed by atoms with E-state index in [1.807, 2.05) is 0 Å². The van der Waals surface area contributed by atoms with Gasteiger partial charge in [0.2, 0.25) is 23.6 Å². The van der Waals surface area contributed by atoms with Crippen molar-refractivity contribution in [1.29, 1.82) is 0 Å². The van der Waals surface area contributed by atoms with Crippen LogP contribution in [0.25, 0.3) is 0 Å². The quantitative estimate of drug-likeness (QED) is 0.160. The molecule has 0 heterocycles. The summed E-state index contributed by atoms with van der Waals surface area (Å²) in [5.41, 5.74) is 10.4. The zero-order chi connectivity index (χ0) is 22.7. The molecule has 0 rings (SSSR count). The fourth-order valence-corrected chi connectivity index (χ4v) is 2.20. The van der Waals surface area contributed by atoms with E-state index in [0.717, 1.165) is 0 Å². The minimum absolute atomic E-state index is 0.00355. The second-order valence-corrected chi connectivity index (χ2v) is 6.74. The molecule has 0 spiro atoms. The van der Waals surface area contributed by atoms with Gasteiger partial charge in [-0.05, 0) is 12.3 Å². The summed E-state index contributed by atoms with van der Waals surface area (Å²) in [5, 5.41) is 24.2. The minimum Gasteiger partial charge on any atom is -0.481 e. The van der Waals surface area contributed by atoms with Crippen molar-refractivity contribution >= 4 is 35.6 Å². The van der Waals surface area contributed by atoms with Gasteiger partial charge in [-0.25, -0.2) is 4.79 Å². The number of carboxylic acids is 2. The van der Waals surface area contributed by atoms with Crippen molar-refractivity contribution in [1.82, 2.24) is 16.0 Å². The molecular weight excluding hydrogens is 390 g/mol. The Morgan fingerprint density at radius 1 is 0.897 bits per heavy atom. The summed E-state index contributed by atoms with van der Waals surface area (Å²) in [6, 6.07) is -4.10. The number of hydrogen-bond acceptors (Lipinski definition) is 7. The number of aliphatic carboxylic acids is 2. The second-order valence-electron chi connectivity index (χ2n) is 6.74. The Kier molecular flexibility index (Phi) is 10.9. The smallest absolute Gasteiger partial charge is 0.326 e. The van der Waals surface area contributed by atoms with Crippen LogP contribution in [0.2, 0.25) is 0 Å². The molecule has 0 saturated heterocycles. The Morgan fingerprint density at radius 2 is 1.48 bits per heavy atom. The van der Waals surface area contributed by atoms with Gasteiger partial charge in [0.25, 0.3) is 0 Å². The summed E-state index contributed by atoms with van der Waals surface area (Å²) in [7, 11) is 0. The van der Waals surface area contributed by atoms with Crippen molar-refractivity contribution < 1.29 is 39.0 Å². The van der Waals surface area contributed by atoms with Gasteiger partial charge in [0.05, 0.1) is 25.4 Å². The first kappa shape index (κ1) is 25.8. The van der Waals surface area contributed by atoms with Gasteiger partial charge in [0, 0.05) is 0 Å². The van der Waals surface area contributed by atoms with Gasteiger partial charge in [-0.15, -0.1) is 0 Å². The summed E-state index contributed by atoms with van der Waals surface area (Å²) < 4.78 is 0. The Labute approximate surface area is 166 Å². The minimum atomic E-state index is -1.49. The molecule has 0 fully saturated rings. The lowest BCUT2D eigenvalue weighted by atomic mass is 10.0. The number of hydrogen-bond donors (Lipinski definition) is 7. The van der Waals surface area contributed by atoms with Crippen LogP contribution in [0.15, 0.2) is 0 Å². The van der Waals surface area contributed by atoms with E-state index in [1.54, 1.807) is 13.8 Å². The van der Waals surface area contributed by atoms with Gasteiger partial charge >= 0.3 is 11.9 Å². The van der Waals surface area contributed by atoms with E-state index in [0.29, 0.717) is 0 Å². The zero-order valence-electron chi connectivity index (χ0n) is 16.1. The van der Waals surface area contributed by atoms with Crippen LogP contribution >= 0.6 is 0 Å². The van der Waals surface area contributed by atoms with Crippen molar-refractivity contribution in [3.05, 3.63) is 0 Å². The fraction of sp³-hybridized carbons (Fsp3) is 0.625. The molecule has 3 atom stereocenters. The van der Waals surface area contributed by atoms with Crippen molar-refractivity contribution in [3.63, 3.8) is 0 Å². The van der Waals surface area contributed by atoms with E-state index in [-0.39, 0.29) is 12.3 Å². The number of carbonyl (C=O) groups is 6. The SMILES string of the molecule is CC(C)CC(NC(=O)CNC(=O)C(CC(N)=O)NC(=O)C(N)CC(=O)O)C(=O)O. The number of rotatable bonds is 13. The van der Waals surface area contributed by atoms with E-state index in [4.69, 9.17) is 21.7 Å². The third-order valence-electron chi connectivity index (χ3n) is 3.53. The molecule has 0 aromatic rings. The highest BCUT2D eigenvalue weighted by Crippen LogP contribution is 2.04. The maximum Gasteiger partial charge on any atom is 0.326 e. The lowest BCUT2D eigenvalue weighted by molar-refractivity contribution is -0.142. The van der Waals surface area contributed by atoms with E-state index in [2.05, 4.69) is 16.0 Å². The van der Waals surface area contributed by atoms with E-state index in [1.165, 1.54) is 0 Å². The molecule has 0 aromatic heterocycles. The molecule has 0 aliphatic rings. The van der Waals surface area contributed by atoms with Crippen LogP contribution in [0.5, 0.6) is 0 Å². The Bertz CT molecular complexity index is 651. The van der Waals surface area contributed by atoms with Crippen LogP contribution in [0.3, 0.4) is 0 Å². The van der Waals surface area contributed by atoms with Crippen molar-refractivity contribution in [2.24, 2.45) is 17.4 Å². The first-order chi connectivity index (χ1) is 13.3. The van der Waals surface area contributed by atoms with Gasteiger partial charge in [0.15, 0.2) is 0 Å². The summed E-state index contributed by atoms with van der Waals surface area (Å²) in [5.74, 6) is -6.26. The van der Waals surface area contributed by atoms with Crippen LogP contribution in [0, 0.1) is 5.92 Å². The molecule has 0 aliphatic carbocycles. The molecule has 0 aromatic carbocycles. The lowest BCUT2D eigenvalue weighted by Gasteiger charge is -2.20. The van der Waals surface area contributed by atoms with Gasteiger partial charge in [-0.1, -0.05) is 13.8 Å². The average molecular weight is 417 g/mol. The topological polar surface area (TPSA) is 231 Å². The van der Waals surface area contributed by atoms with E-state index in [9.17, 15) is 28.8 Å². The summed E-state index contributed by atoms with van der Waals surface area (Å²) in [6.45, 7) is 2.93. The maximum atomic E-state index is 12.2.